The van der Waals surface area contributed by atoms with Gasteiger partial charge in [-0.3, -0.25) is 0 Å². The van der Waals surface area contributed by atoms with Crippen LogP contribution in [0.1, 0.15) is 32.8 Å². The van der Waals surface area contributed by atoms with E-state index in [1.54, 1.807) is 20.8 Å². The van der Waals surface area contributed by atoms with E-state index in [2.05, 4.69) is 27.9 Å². The SMILES string of the molecule is CC(C)(C)OC(=O)[C@H](CCI)NC(=O)OCc1ccccc1. The molecule has 122 valence electrons. The second kappa shape index (κ2) is 8.97. The van der Waals surface area contributed by atoms with Crippen LogP contribution in [0.2, 0.25) is 0 Å². The number of hydrogen-bond donors (Lipinski definition) is 1. The molecule has 22 heavy (non-hydrogen) atoms. The fraction of sp³-hybridized carbons (Fsp3) is 0.500. The number of halogens is 1. The number of amides is 1. The van der Waals surface area contributed by atoms with Crippen LogP contribution in [0.15, 0.2) is 30.3 Å². The van der Waals surface area contributed by atoms with Crippen molar-refractivity contribution in [1.82, 2.24) is 5.32 Å². The van der Waals surface area contributed by atoms with E-state index in [4.69, 9.17) is 9.47 Å². The first-order valence-corrected chi connectivity index (χ1v) is 8.60. The van der Waals surface area contributed by atoms with E-state index in [0.717, 1.165) is 9.99 Å². The van der Waals surface area contributed by atoms with Crippen molar-refractivity contribution in [1.29, 1.82) is 0 Å². The maximum absolute atomic E-state index is 12.1. The average molecular weight is 419 g/mol. The highest BCUT2D eigenvalue weighted by atomic mass is 127. The molecule has 0 saturated heterocycles. The van der Waals surface area contributed by atoms with Crippen LogP contribution in [0.5, 0.6) is 0 Å². The molecule has 5 nitrogen and oxygen atoms in total. The summed E-state index contributed by atoms with van der Waals surface area (Å²) in [6, 6.07) is 8.67. The Morgan fingerprint density at radius 2 is 1.86 bits per heavy atom. The lowest BCUT2D eigenvalue weighted by molar-refractivity contribution is -0.157. The third kappa shape index (κ3) is 7.63. The molecule has 0 fully saturated rings. The number of hydrogen-bond acceptors (Lipinski definition) is 4. The van der Waals surface area contributed by atoms with E-state index >= 15 is 0 Å². The monoisotopic (exact) mass is 419 g/mol. The van der Waals surface area contributed by atoms with Gasteiger partial charge in [0.1, 0.15) is 18.2 Å². The number of ether oxygens (including phenoxy) is 2. The van der Waals surface area contributed by atoms with Crippen LogP contribution in [0.4, 0.5) is 4.79 Å². The van der Waals surface area contributed by atoms with E-state index < -0.39 is 23.7 Å². The summed E-state index contributed by atoms with van der Waals surface area (Å²) in [4.78, 5) is 23.9. The van der Waals surface area contributed by atoms with Crippen molar-refractivity contribution in [2.45, 2.75) is 45.4 Å². The Hall–Kier alpha value is -1.31. The molecule has 0 radical (unpaired) electrons. The standard InChI is InChI=1S/C16H22INO4/c1-16(2,3)22-14(19)13(9-10-17)18-15(20)21-11-12-7-5-4-6-8-12/h4-8,13H,9-11H2,1-3H3,(H,18,20)/t13-/m0/s1. The van der Waals surface area contributed by atoms with Crippen molar-refractivity contribution >= 4 is 34.7 Å². The average Bonchev–Trinajstić information content (AvgIpc) is 2.44. The summed E-state index contributed by atoms with van der Waals surface area (Å²) in [5.74, 6) is -0.444. The molecule has 1 aromatic carbocycles. The lowest BCUT2D eigenvalue weighted by Crippen LogP contribution is -2.44. The molecule has 0 bridgehead atoms. The Kier molecular flexibility index (Phi) is 7.64. The molecule has 0 aromatic heterocycles. The third-order valence-electron chi connectivity index (χ3n) is 2.59. The molecule has 0 aliphatic carbocycles. The van der Waals surface area contributed by atoms with Gasteiger partial charge in [0, 0.05) is 4.43 Å². The number of carbonyl (C=O) groups excluding carboxylic acids is 2. The zero-order chi connectivity index (χ0) is 16.6. The van der Waals surface area contributed by atoms with Gasteiger partial charge in [-0.15, -0.1) is 0 Å². The third-order valence-corrected chi connectivity index (χ3v) is 3.22. The maximum Gasteiger partial charge on any atom is 0.408 e. The number of alkyl halides is 1. The van der Waals surface area contributed by atoms with Crippen molar-refractivity contribution in [3.8, 4) is 0 Å². The van der Waals surface area contributed by atoms with Crippen LogP contribution in [-0.2, 0) is 20.9 Å². The largest absolute Gasteiger partial charge is 0.458 e. The molecular formula is C16H22INO4. The molecule has 1 N–H and O–H groups in total. The van der Waals surface area contributed by atoms with Gasteiger partial charge in [-0.2, -0.15) is 0 Å². The first kappa shape index (κ1) is 18.7. The van der Waals surface area contributed by atoms with E-state index in [0.29, 0.717) is 6.42 Å². The fourth-order valence-electron chi connectivity index (χ4n) is 1.64. The minimum absolute atomic E-state index is 0.165. The maximum atomic E-state index is 12.1. The summed E-state index contributed by atoms with van der Waals surface area (Å²) in [6.45, 7) is 5.54. The molecule has 1 atom stereocenters. The zero-order valence-electron chi connectivity index (χ0n) is 13.1. The van der Waals surface area contributed by atoms with Gasteiger partial charge in [0.2, 0.25) is 0 Å². The van der Waals surface area contributed by atoms with Crippen LogP contribution in [-0.4, -0.2) is 28.1 Å². The van der Waals surface area contributed by atoms with Crippen LogP contribution in [0.25, 0.3) is 0 Å². The number of carbonyl (C=O) groups is 2. The zero-order valence-corrected chi connectivity index (χ0v) is 15.3. The molecule has 0 aliphatic rings. The number of alkyl carbamates (subject to hydrolysis) is 1. The smallest absolute Gasteiger partial charge is 0.408 e. The van der Waals surface area contributed by atoms with Crippen LogP contribution >= 0.6 is 22.6 Å². The summed E-state index contributed by atoms with van der Waals surface area (Å²) < 4.78 is 11.2. The molecule has 1 aromatic rings. The second-order valence-electron chi connectivity index (χ2n) is 5.77. The van der Waals surface area contributed by atoms with Crippen molar-refractivity contribution in [3.05, 3.63) is 35.9 Å². The van der Waals surface area contributed by atoms with Crippen molar-refractivity contribution < 1.29 is 19.1 Å². The van der Waals surface area contributed by atoms with E-state index in [9.17, 15) is 9.59 Å². The highest BCUT2D eigenvalue weighted by Crippen LogP contribution is 2.11. The summed E-state index contributed by atoms with van der Waals surface area (Å²) in [5.41, 5.74) is 0.302. The molecule has 0 spiro atoms. The van der Waals surface area contributed by atoms with Gasteiger partial charge in [-0.05, 0) is 32.8 Å². The fourth-order valence-corrected chi connectivity index (χ4v) is 2.26. The van der Waals surface area contributed by atoms with Crippen LogP contribution < -0.4 is 5.32 Å². The Labute approximate surface area is 144 Å². The molecule has 0 aliphatic heterocycles. The second-order valence-corrected chi connectivity index (χ2v) is 6.85. The molecule has 0 heterocycles. The highest BCUT2D eigenvalue weighted by Gasteiger charge is 2.26. The van der Waals surface area contributed by atoms with Gasteiger partial charge in [-0.1, -0.05) is 52.9 Å². The lowest BCUT2D eigenvalue weighted by Gasteiger charge is -2.24. The summed E-state index contributed by atoms with van der Waals surface area (Å²) >= 11 is 2.15. The van der Waals surface area contributed by atoms with Gasteiger partial charge in [0.05, 0.1) is 0 Å². The summed E-state index contributed by atoms with van der Waals surface area (Å²) in [6.07, 6.45) is -0.125. The topological polar surface area (TPSA) is 64.6 Å². The van der Waals surface area contributed by atoms with Crippen LogP contribution in [0.3, 0.4) is 0 Å². The minimum Gasteiger partial charge on any atom is -0.458 e. The van der Waals surface area contributed by atoms with Crippen molar-refractivity contribution in [2.24, 2.45) is 0 Å². The number of esters is 1. The quantitative estimate of drug-likeness (QED) is 0.436. The highest BCUT2D eigenvalue weighted by molar-refractivity contribution is 14.1. The van der Waals surface area contributed by atoms with Gasteiger partial charge in [0.15, 0.2) is 0 Å². The van der Waals surface area contributed by atoms with Crippen molar-refractivity contribution in [2.75, 3.05) is 4.43 Å². The Morgan fingerprint density at radius 3 is 2.41 bits per heavy atom. The summed E-state index contributed by atoms with van der Waals surface area (Å²) in [5, 5.41) is 2.57. The number of rotatable bonds is 6. The molecule has 1 amide bonds. The molecule has 0 saturated carbocycles. The number of nitrogens with one attached hydrogen (secondary N) is 1. The van der Waals surface area contributed by atoms with E-state index in [1.807, 2.05) is 30.3 Å². The normalized spacial score (nSPS) is 12.4. The van der Waals surface area contributed by atoms with Gasteiger partial charge < -0.3 is 14.8 Å². The molecule has 6 heteroatoms. The van der Waals surface area contributed by atoms with Crippen molar-refractivity contribution in [3.63, 3.8) is 0 Å². The molecular weight excluding hydrogens is 397 g/mol. The molecule has 0 unspecified atom stereocenters. The first-order chi connectivity index (χ1) is 10.3. The van der Waals surface area contributed by atoms with Gasteiger partial charge >= 0.3 is 12.1 Å². The van der Waals surface area contributed by atoms with Gasteiger partial charge in [-0.25, -0.2) is 9.59 Å². The van der Waals surface area contributed by atoms with E-state index in [1.165, 1.54) is 0 Å². The summed E-state index contributed by atoms with van der Waals surface area (Å²) in [7, 11) is 0. The Morgan fingerprint density at radius 1 is 1.23 bits per heavy atom. The Bertz CT molecular complexity index is 485. The number of benzene rings is 1. The predicted octanol–water partition coefficient (Wildman–Crippen LogP) is 3.45. The lowest BCUT2D eigenvalue weighted by atomic mass is 10.1. The van der Waals surface area contributed by atoms with E-state index in [-0.39, 0.29) is 6.61 Å². The predicted molar refractivity (Wildman–Crippen MR) is 92.9 cm³/mol. The Balaban J connectivity index is 2.51. The van der Waals surface area contributed by atoms with Crippen LogP contribution in [0, 0.1) is 0 Å². The van der Waals surface area contributed by atoms with Gasteiger partial charge in [0.25, 0.3) is 0 Å². The first-order valence-electron chi connectivity index (χ1n) is 7.08. The molecule has 1 rings (SSSR count). The minimum atomic E-state index is -0.695.